The molecule has 0 aliphatic carbocycles. The van der Waals surface area contributed by atoms with Gasteiger partial charge < -0.3 is 15.4 Å². The van der Waals surface area contributed by atoms with Crippen LogP contribution < -0.4 is 10.6 Å². The van der Waals surface area contributed by atoms with Crippen molar-refractivity contribution in [3.8, 4) is 0 Å². The monoisotopic (exact) mass is 399 g/mol. The third kappa shape index (κ3) is 4.65. The first-order valence-electron chi connectivity index (χ1n) is 7.08. The molecule has 0 aliphatic heterocycles. The molecule has 1 aromatic heterocycles. The first-order valence-corrected chi connectivity index (χ1v) is 8.69. The summed E-state index contributed by atoms with van der Waals surface area (Å²) in [7, 11) is 1.31. The Morgan fingerprint density at radius 2 is 2.12 bits per heavy atom. The van der Waals surface area contributed by atoms with E-state index in [0.717, 1.165) is 11.3 Å². The Balaban J connectivity index is 2.17. The van der Waals surface area contributed by atoms with E-state index in [-0.39, 0.29) is 15.8 Å². The molecule has 132 valence electrons. The van der Waals surface area contributed by atoms with Crippen LogP contribution in [0.4, 0.5) is 16.4 Å². The maximum absolute atomic E-state index is 11.9. The number of benzene rings is 1. The number of anilines is 2. The van der Waals surface area contributed by atoms with Gasteiger partial charge in [0.2, 0.25) is 0 Å². The molecule has 0 spiro atoms. The summed E-state index contributed by atoms with van der Waals surface area (Å²) in [6.07, 6.45) is 0.769. The van der Waals surface area contributed by atoms with Crippen molar-refractivity contribution in [1.29, 1.82) is 0 Å². The zero-order chi connectivity index (χ0) is 18.6. The molecule has 0 amide bonds. The van der Waals surface area contributed by atoms with Crippen molar-refractivity contribution < 1.29 is 14.5 Å². The molecule has 1 aromatic carbocycles. The Labute approximate surface area is 158 Å². The lowest BCUT2D eigenvalue weighted by Crippen LogP contribution is -2.20. The first kappa shape index (κ1) is 19.1. The summed E-state index contributed by atoms with van der Waals surface area (Å²) in [5.41, 5.74) is 0.688. The highest BCUT2D eigenvalue weighted by molar-refractivity contribution is 7.80. The van der Waals surface area contributed by atoms with Gasteiger partial charge in [0.05, 0.1) is 28.3 Å². The summed E-state index contributed by atoms with van der Waals surface area (Å²) in [5, 5.41) is 17.4. The number of nitrogens with zero attached hydrogens (tertiary/aromatic N) is 1. The normalized spacial score (nSPS) is 10.2. The second-order valence-electron chi connectivity index (χ2n) is 4.80. The van der Waals surface area contributed by atoms with E-state index >= 15 is 0 Å². The SMILES string of the molecule is CCc1cc(C(=O)OC)c(NC(=S)Nc2ccc([N+](=O)[O-])cc2Cl)s1. The van der Waals surface area contributed by atoms with Crippen LogP contribution in [-0.4, -0.2) is 23.1 Å². The summed E-state index contributed by atoms with van der Waals surface area (Å²) in [6, 6.07) is 5.76. The number of non-ortho nitro benzene ring substituents is 1. The largest absolute Gasteiger partial charge is 0.465 e. The fourth-order valence-electron chi connectivity index (χ4n) is 1.95. The van der Waals surface area contributed by atoms with Gasteiger partial charge in [-0.25, -0.2) is 4.79 Å². The molecule has 2 N–H and O–H groups in total. The number of carbonyl (C=O) groups excluding carboxylic acids is 1. The van der Waals surface area contributed by atoms with Crippen molar-refractivity contribution in [1.82, 2.24) is 0 Å². The maximum Gasteiger partial charge on any atom is 0.340 e. The fraction of sp³-hybridized carbons (Fsp3) is 0.200. The Kier molecular flexibility index (Phi) is 6.29. The molecule has 0 radical (unpaired) electrons. The molecule has 0 fully saturated rings. The number of thiocarbonyl (C=S) groups is 1. The molecular weight excluding hydrogens is 386 g/mol. The minimum atomic E-state index is -0.535. The van der Waals surface area contributed by atoms with Crippen molar-refractivity contribution in [2.75, 3.05) is 17.7 Å². The molecule has 2 aromatic rings. The van der Waals surface area contributed by atoms with Crippen LogP contribution in [0.1, 0.15) is 22.2 Å². The zero-order valence-corrected chi connectivity index (χ0v) is 15.7. The third-order valence-electron chi connectivity index (χ3n) is 3.18. The second-order valence-corrected chi connectivity index (χ2v) is 6.75. The Hall–Kier alpha value is -2.23. The topological polar surface area (TPSA) is 93.5 Å². The van der Waals surface area contributed by atoms with E-state index < -0.39 is 10.9 Å². The minimum absolute atomic E-state index is 0.117. The summed E-state index contributed by atoms with van der Waals surface area (Å²) in [4.78, 5) is 23.1. The number of aryl methyl sites for hydroxylation is 1. The van der Waals surface area contributed by atoms with Crippen LogP contribution in [0.5, 0.6) is 0 Å². The van der Waals surface area contributed by atoms with Crippen LogP contribution in [0.25, 0.3) is 0 Å². The average Bonchev–Trinajstić information content (AvgIpc) is 2.98. The van der Waals surface area contributed by atoms with Gasteiger partial charge in [0.25, 0.3) is 5.69 Å². The number of nitro groups is 1. The van der Waals surface area contributed by atoms with Crippen LogP contribution in [0.3, 0.4) is 0 Å². The van der Waals surface area contributed by atoms with Crippen molar-refractivity contribution in [2.24, 2.45) is 0 Å². The number of nitro benzene ring substituents is 1. The van der Waals surface area contributed by atoms with Crippen LogP contribution in [-0.2, 0) is 11.2 Å². The van der Waals surface area contributed by atoms with Crippen molar-refractivity contribution in [3.05, 3.63) is 49.8 Å². The molecule has 0 saturated heterocycles. The van der Waals surface area contributed by atoms with Gasteiger partial charge in [-0.15, -0.1) is 11.3 Å². The van der Waals surface area contributed by atoms with Crippen molar-refractivity contribution >= 4 is 62.6 Å². The number of carbonyl (C=O) groups is 1. The van der Waals surface area contributed by atoms with Gasteiger partial charge >= 0.3 is 5.97 Å². The summed E-state index contributed by atoms with van der Waals surface area (Å²) >= 11 is 12.6. The quantitative estimate of drug-likeness (QED) is 0.331. The van der Waals surface area contributed by atoms with Crippen LogP contribution in [0.2, 0.25) is 5.02 Å². The molecule has 25 heavy (non-hydrogen) atoms. The first-order chi connectivity index (χ1) is 11.8. The number of rotatable bonds is 5. The van der Waals surface area contributed by atoms with E-state index in [0.29, 0.717) is 16.3 Å². The van der Waals surface area contributed by atoms with E-state index in [1.54, 1.807) is 6.07 Å². The lowest BCUT2D eigenvalue weighted by atomic mass is 10.2. The molecule has 0 atom stereocenters. The molecule has 1 heterocycles. The molecule has 0 aliphatic rings. The highest BCUT2D eigenvalue weighted by atomic mass is 35.5. The lowest BCUT2D eigenvalue weighted by molar-refractivity contribution is -0.384. The average molecular weight is 400 g/mol. The van der Waals surface area contributed by atoms with E-state index in [1.165, 1.54) is 36.6 Å². The molecule has 0 unspecified atom stereocenters. The number of esters is 1. The Morgan fingerprint density at radius 1 is 1.40 bits per heavy atom. The number of hydrogen-bond acceptors (Lipinski definition) is 6. The van der Waals surface area contributed by atoms with Crippen molar-refractivity contribution in [2.45, 2.75) is 13.3 Å². The second kappa shape index (κ2) is 8.24. The number of thiophene rings is 1. The zero-order valence-electron chi connectivity index (χ0n) is 13.3. The highest BCUT2D eigenvalue weighted by Crippen LogP contribution is 2.30. The molecule has 0 bridgehead atoms. The summed E-state index contributed by atoms with van der Waals surface area (Å²) in [6.45, 7) is 1.98. The Bertz CT molecular complexity index is 838. The number of methoxy groups -OCH3 is 1. The van der Waals surface area contributed by atoms with E-state index in [1.807, 2.05) is 6.92 Å². The van der Waals surface area contributed by atoms with Crippen LogP contribution in [0.15, 0.2) is 24.3 Å². The number of hydrogen-bond donors (Lipinski definition) is 2. The smallest absolute Gasteiger partial charge is 0.340 e. The van der Waals surface area contributed by atoms with Gasteiger partial charge in [-0.3, -0.25) is 10.1 Å². The predicted molar refractivity (Wildman–Crippen MR) is 103 cm³/mol. The van der Waals surface area contributed by atoms with Crippen molar-refractivity contribution in [3.63, 3.8) is 0 Å². The summed E-state index contributed by atoms with van der Waals surface area (Å²) < 4.78 is 4.77. The van der Waals surface area contributed by atoms with Gasteiger partial charge in [0, 0.05) is 17.0 Å². The minimum Gasteiger partial charge on any atom is -0.465 e. The maximum atomic E-state index is 11.9. The third-order valence-corrected chi connectivity index (χ3v) is 4.89. The molecule has 2 rings (SSSR count). The van der Waals surface area contributed by atoms with Gasteiger partial charge in [0.1, 0.15) is 5.00 Å². The lowest BCUT2D eigenvalue weighted by Gasteiger charge is -2.11. The molecule has 7 nitrogen and oxygen atoms in total. The number of nitrogens with one attached hydrogen (secondary N) is 2. The molecule has 0 saturated carbocycles. The van der Waals surface area contributed by atoms with E-state index in [2.05, 4.69) is 10.6 Å². The van der Waals surface area contributed by atoms with Crippen LogP contribution >= 0.6 is 35.2 Å². The van der Waals surface area contributed by atoms with E-state index in [9.17, 15) is 14.9 Å². The standard InChI is InChI=1S/C15H14ClN3O4S2/c1-3-9-7-10(14(20)23-2)13(25-9)18-15(24)17-12-5-4-8(19(21)22)6-11(12)16/h4-7H,3H2,1-2H3,(H2,17,18,24). The van der Waals surface area contributed by atoms with E-state index in [4.69, 9.17) is 28.6 Å². The van der Waals surface area contributed by atoms with Gasteiger partial charge in [-0.2, -0.15) is 0 Å². The Morgan fingerprint density at radius 3 is 2.68 bits per heavy atom. The predicted octanol–water partition coefficient (Wildman–Crippen LogP) is 4.47. The van der Waals surface area contributed by atoms with Crippen LogP contribution in [0, 0.1) is 10.1 Å². The van der Waals surface area contributed by atoms with Gasteiger partial charge in [0.15, 0.2) is 5.11 Å². The number of halogens is 1. The van der Waals surface area contributed by atoms with Gasteiger partial charge in [-0.05, 0) is 30.8 Å². The molecular formula is C15H14ClN3O4S2. The molecule has 10 heteroatoms. The van der Waals surface area contributed by atoms with Gasteiger partial charge in [-0.1, -0.05) is 18.5 Å². The summed E-state index contributed by atoms with van der Waals surface area (Å²) in [5.74, 6) is -0.463. The highest BCUT2D eigenvalue weighted by Gasteiger charge is 2.17. The number of ether oxygens (including phenoxy) is 1. The fourth-order valence-corrected chi connectivity index (χ4v) is 3.43.